The predicted molar refractivity (Wildman–Crippen MR) is 134 cm³/mol. The van der Waals surface area contributed by atoms with Crippen molar-refractivity contribution in [1.82, 2.24) is 0 Å². The Morgan fingerprint density at radius 1 is 0.553 bits per heavy atom. The standard InChI is InChI=1S/C30H20O8/c1-12-8-15-22(20(32)10-12)28(36)23-14(26(15)34)6-7-17(27(23)35)30(38)16-4-3-5-19(31)24(16)29(37)25-18(30)9-13(2)11-21(25)33/h3-11,31-33,35,38H,1-2H3/t30-/m0/s1. The third kappa shape index (κ3) is 2.80. The number of hydrogen-bond donors (Lipinski definition) is 5. The number of carbonyl (C=O) groups is 3. The van der Waals surface area contributed by atoms with Gasteiger partial charge < -0.3 is 25.5 Å². The van der Waals surface area contributed by atoms with Gasteiger partial charge in [0.05, 0.1) is 22.3 Å². The quantitative estimate of drug-likeness (QED) is 0.230. The number of phenols is 4. The normalized spacial score (nSPS) is 17.5. The Morgan fingerprint density at radius 3 is 1.87 bits per heavy atom. The average molecular weight is 508 g/mol. The molecular formula is C30H20O8. The first-order chi connectivity index (χ1) is 18.0. The van der Waals surface area contributed by atoms with Crippen molar-refractivity contribution in [2.75, 3.05) is 0 Å². The van der Waals surface area contributed by atoms with Crippen molar-refractivity contribution in [1.29, 1.82) is 0 Å². The number of aromatic hydroxyl groups is 4. The highest BCUT2D eigenvalue weighted by atomic mass is 16.3. The molecule has 38 heavy (non-hydrogen) atoms. The lowest BCUT2D eigenvalue weighted by Gasteiger charge is -2.38. The molecule has 0 bridgehead atoms. The van der Waals surface area contributed by atoms with Crippen LogP contribution in [0.25, 0.3) is 0 Å². The zero-order valence-corrected chi connectivity index (χ0v) is 20.2. The van der Waals surface area contributed by atoms with Crippen LogP contribution < -0.4 is 0 Å². The van der Waals surface area contributed by atoms with E-state index in [2.05, 4.69) is 0 Å². The number of ketones is 3. The fourth-order valence-electron chi connectivity index (χ4n) is 5.69. The van der Waals surface area contributed by atoms with Gasteiger partial charge in [-0.05, 0) is 55.3 Å². The first kappa shape index (κ1) is 23.4. The van der Waals surface area contributed by atoms with Crippen LogP contribution in [0.1, 0.15) is 75.6 Å². The fraction of sp³-hybridized carbons (Fsp3) is 0.100. The molecule has 0 fully saturated rings. The van der Waals surface area contributed by atoms with Crippen LogP contribution in [0.5, 0.6) is 23.0 Å². The summed E-state index contributed by atoms with van der Waals surface area (Å²) in [5, 5.41) is 55.7. The molecule has 4 aromatic carbocycles. The molecule has 0 unspecified atom stereocenters. The van der Waals surface area contributed by atoms with Crippen LogP contribution in [0.4, 0.5) is 0 Å². The predicted octanol–water partition coefficient (Wildman–Crippen LogP) is 3.73. The van der Waals surface area contributed by atoms with E-state index in [1.165, 1.54) is 54.6 Å². The highest BCUT2D eigenvalue weighted by Gasteiger charge is 2.49. The van der Waals surface area contributed by atoms with Crippen molar-refractivity contribution >= 4 is 17.3 Å². The zero-order chi connectivity index (χ0) is 27.3. The van der Waals surface area contributed by atoms with E-state index in [4.69, 9.17) is 0 Å². The monoisotopic (exact) mass is 508 g/mol. The summed E-state index contributed by atoms with van der Waals surface area (Å²) in [6.45, 7) is 3.30. The number of aryl methyl sites for hydroxylation is 2. The lowest BCUT2D eigenvalue weighted by atomic mass is 9.68. The van der Waals surface area contributed by atoms with E-state index in [0.717, 1.165) is 0 Å². The molecule has 5 N–H and O–H groups in total. The van der Waals surface area contributed by atoms with Crippen LogP contribution in [0.15, 0.2) is 54.6 Å². The first-order valence-corrected chi connectivity index (χ1v) is 11.7. The molecule has 0 saturated carbocycles. The number of carbonyl (C=O) groups excluding carboxylic acids is 3. The minimum Gasteiger partial charge on any atom is -0.507 e. The van der Waals surface area contributed by atoms with Crippen molar-refractivity contribution in [2.24, 2.45) is 0 Å². The number of phenolic OH excluding ortho intramolecular Hbond substituents is 4. The summed E-state index contributed by atoms with van der Waals surface area (Å²) in [4.78, 5) is 40.2. The smallest absolute Gasteiger partial charge is 0.201 e. The second-order valence-corrected chi connectivity index (χ2v) is 9.69. The molecule has 4 aromatic rings. The number of benzene rings is 4. The van der Waals surface area contributed by atoms with Crippen LogP contribution in [-0.2, 0) is 5.60 Å². The Labute approximate surface area is 215 Å². The van der Waals surface area contributed by atoms with Gasteiger partial charge in [0.1, 0.15) is 28.6 Å². The summed E-state index contributed by atoms with van der Waals surface area (Å²) >= 11 is 0. The Morgan fingerprint density at radius 2 is 1.16 bits per heavy atom. The van der Waals surface area contributed by atoms with Crippen molar-refractivity contribution in [2.45, 2.75) is 19.4 Å². The van der Waals surface area contributed by atoms with Crippen LogP contribution in [-0.4, -0.2) is 42.9 Å². The van der Waals surface area contributed by atoms with Gasteiger partial charge in [-0.15, -0.1) is 0 Å². The summed E-state index contributed by atoms with van der Waals surface area (Å²) in [6, 6.07) is 12.2. The number of aliphatic hydroxyl groups is 1. The van der Waals surface area contributed by atoms with Crippen molar-refractivity contribution in [3.63, 3.8) is 0 Å². The Hall–Kier alpha value is -4.95. The first-order valence-electron chi connectivity index (χ1n) is 11.7. The number of rotatable bonds is 1. The topological polar surface area (TPSA) is 152 Å². The molecule has 1 atom stereocenters. The van der Waals surface area contributed by atoms with Crippen molar-refractivity contribution in [3.05, 3.63) is 116 Å². The summed E-state index contributed by atoms with van der Waals surface area (Å²) in [6.07, 6.45) is 0. The SMILES string of the molecule is Cc1cc(O)c2c(c1)C(=O)c1ccc([C@@]3(O)c4cccc(O)c4C(=O)c4c(O)cc(C)cc43)c(O)c1C2=O. The third-order valence-electron chi connectivity index (χ3n) is 7.31. The van der Waals surface area contributed by atoms with Crippen molar-refractivity contribution in [3.8, 4) is 23.0 Å². The molecule has 0 amide bonds. The lowest BCUT2D eigenvalue weighted by Crippen LogP contribution is -2.37. The van der Waals surface area contributed by atoms with Crippen LogP contribution in [0.3, 0.4) is 0 Å². The van der Waals surface area contributed by atoms with Gasteiger partial charge in [-0.1, -0.05) is 24.3 Å². The molecule has 0 aliphatic heterocycles. The van der Waals surface area contributed by atoms with Gasteiger partial charge >= 0.3 is 0 Å². The third-order valence-corrected chi connectivity index (χ3v) is 7.31. The summed E-state index contributed by atoms with van der Waals surface area (Å²) in [5.41, 5.74) is -3.01. The van der Waals surface area contributed by atoms with Crippen LogP contribution >= 0.6 is 0 Å². The van der Waals surface area contributed by atoms with Crippen molar-refractivity contribution < 1.29 is 39.9 Å². The minimum absolute atomic E-state index is 0.00437. The zero-order valence-electron chi connectivity index (χ0n) is 20.2. The van der Waals surface area contributed by atoms with Gasteiger partial charge in [0.15, 0.2) is 5.78 Å². The molecule has 0 spiro atoms. The van der Waals surface area contributed by atoms with Gasteiger partial charge in [-0.3, -0.25) is 14.4 Å². The van der Waals surface area contributed by atoms with E-state index in [-0.39, 0.29) is 44.5 Å². The summed E-state index contributed by atoms with van der Waals surface area (Å²) in [7, 11) is 0. The largest absolute Gasteiger partial charge is 0.507 e. The molecule has 8 nitrogen and oxygen atoms in total. The van der Waals surface area contributed by atoms with E-state index in [0.29, 0.717) is 11.1 Å². The molecule has 2 aliphatic carbocycles. The van der Waals surface area contributed by atoms with E-state index >= 15 is 0 Å². The molecule has 188 valence electrons. The average Bonchev–Trinajstić information content (AvgIpc) is 2.84. The molecule has 0 radical (unpaired) electrons. The van der Waals surface area contributed by atoms with E-state index in [1.807, 2.05) is 0 Å². The summed E-state index contributed by atoms with van der Waals surface area (Å²) < 4.78 is 0. The molecule has 0 saturated heterocycles. The molecule has 0 aromatic heterocycles. The maximum atomic E-state index is 13.6. The van der Waals surface area contributed by atoms with Gasteiger partial charge in [0.2, 0.25) is 11.6 Å². The van der Waals surface area contributed by atoms with E-state index in [9.17, 15) is 39.9 Å². The van der Waals surface area contributed by atoms with Crippen LogP contribution in [0, 0.1) is 13.8 Å². The fourth-order valence-corrected chi connectivity index (χ4v) is 5.69. The second-order valence-electron chi connectivity index (χ2n) is 9.69. The highest BCUT2D eigenvalue weighted by molar-refractivity contribution is 6.30. The maximum Gasteiger partial charge on any atom is 0.201 e. The lowest BCUT2D eigenvalue weighted by molar-refractivity contribution is 0.0925. The molecule has 8 heteroatoms. The number of fused-ring (bicyclic) bond motifs is 4. The van der Waals surface area contributed by atoms with E-state index < -0.39 is 51.5 Å². The maximum absolute atomic E-state index is 13.6. The molecule has 2 aliphatic rings. The Kier molecular flexibility index (Phi) is 4.65. The van der Waals surface area contributed by atoms with E-state index in [1.54, 1.807) is 13.8 Å². The number of hydrogen-bond acceptors (Lipinski definition) is 8. The van der Waals surface area contributed by atoms with Gasteiger partial charge in [-0.2, -0.15) is 0 Å². The van der Waals surface area contributed by atoms with Gasteiger partial charge in [0, 0.05) is 27.8 Å². The molecular weight excluding hydrogens is 488 g/mol. The molecule has 6 rings (SSSR count). The van der Waals surface area contributed by atoms with Gasteiger partial charge in [-0.25, -0.2) is 0 Å². The second kappa shape index (κ2) is 7.53. The minimum atomic E-state index is -2.32. The molecule has 0 heterocycles. The Balaban J connectivity index is 1.70. The highest BCUT2D eigenvalue weighted by Crippen LogP contribution is 2.52. The van der Waals surface area contributed by atoms with Crippen LogP contribution in [0.2, 0.25) is 0 Å². The summed E-state index contributed by atoms with van der Waals surface area (Å²) in [5.74, 6) is -4.17. The Bertz CT molecular complexity index is 1800. The van der Waals surface area contributed by atoms with Gasteiger partial charge in [0.25, 0.3) is 0 Å².